The summed E-state index contributed by atoms with van der Waals surface area (Å²) in [7, 11) is -0.784. The highest BCUT2D eigenvalue weighted by Gasteiger charge is 2.08. The molecule has 92 valence electrons. The lowest BCUT2D eigenvalue weighted by atomic mass is 10.3. The molecule has 17 heavy (non-hydrogen) atoms. The van der Waals surface area contributed by atoms with Crippen molar-refractivity contribution in [2.24, 2.45) is 0 Å². The summed E-state index contributed by atoms with van der Waals surface area (Å²) in [6.45, 7) is 2.02. The topological polar surface area (TPSA) is 42.0 Å². The lowest BCUT2D eigenvalue weighted by molar-refractivity contribution is 0.683. The molecule has 0 aliphatic heterocycles. The third-order valence-corrected chi connectivity index (χ3v) is 4.62. The van der Waals surface area contributed by atoms with Crippen LogP contribution in [-0.4, -0.2) is 27.2 Å². The zero-order valence-corrected chi connectivity index (χ0v) is 12.8. The summed E-state index contributed by atoms with van der Waals surface area (Å²) >= 11 is 5.06. The van der Waals surface area contributed by atoms with Gasteiger partial charge in [0.15, 0.2) is 5.13 Å². The van der Waals surface area contributed by atoms with Crippen LogP contribution in [-0.2, 0) is 10.8 Å². The second-order valence-corrected chi connectivity index (χ2v) is 7.34. The molecule has 1 aromatic carbocycles. The summed E-state index contributed by atoms with van der Waals surface area (Å²) in [4.78, 5) is 4.49. The molecule has 1 heterocycles. The fraction of sp³-hybridized carbons (Fsp3) is 0.364. The maximum absolute atomic E-state index is 11.1. The number of hydrogen-bond acceptors (Lipinski definition) is 4. The number of halogens is 1. The van der Waals surface area contributed by atoms with E-state index in [1.165, 1.54) is 0 Å². The van der Waals surface area contributed by atoms with E-state index in [2.05, 4.69) is 32.3 Å². The molecular formula is C11H13BrN2OS2. The lowest BCUT2D eigenvalue weighted by Gasteiger charge is -2.10. The first kappa shape index (κ1) is 13.0. The Morgan fingerprint density at radius 2 is 2.35 bits per heavy atom. The predicted octanol–water partition coefficient (Wildman–Crippen LogP) is 3.24. The van der Waals surface area contributed by atoms with Gasteiger partial charge in [0.2, 0.25) is 0 Å². The first-order chi connectivity index (χ1) is 8.04. The Hall–Kier alpha value is -0.460. The lowest BCUT2D eigenvalue weighted by Crippen LogP contribution is -2.21. The summed E-state index contributed by atoms with van der Waals surface area (Å²) < 4.78 is 13.3. The highest BCUT2D eigenvalue weighted by atomic mass is 79.9. The van der Waals surface area contributed by atoms with E-state index in [0.29, 0.717) is 5.75 Å². The van der Waals surface area contributed by atoms with Crippen molar-refractivity contribution in [1.82, 2.24) is 4.98 Å². The molecule has 0 saturated heterocycles. The molecule has 0 aliphatic rings. The number of rotatable bonds is 4. The molecule has 1 N–H and O–H groups in total. The molecule has 2 atom stereocenters. The van der Waals surface area contributed by atoms with Crippen LogP contribution in [0, 0.1) is 0 Å². The van der Waals surface area contributed by atoms with Gasteiger partial charge in [-0.05, 0) is 25.1 Å². The molecule has 0 amide bonds. The average Bonchev–Trinajstić information content (AvgIpc) is 2.57. The summed E-state index contributed by atoms with van der Waals surface area (Å²) in [5, 5.41) is 4.17. The van der Waals surface area contributed by atoms with Crippen molar-refractivity contribution >= 4 is 53.4 Å². The number of nitrogens with one attached hydrogen (secondary N) is 1. The van der Waals surface area contributed by atoms with Gasteiger partial charge in [-0.15, -0.1) is 0 Å². The molecule has 6 heteroatoms. The van der Waals surface area contributed by atoms with E-state index in [9.17, 15) is 4.21 Å². The van der Waals surface area contributed by atoms with Crippen LogP contribution in [0.15, 0.2) is 22.7 Å². The summed E-state index contributed by atoms with van der Waals surface area (Å²) in [5.41, 5.74) is 0.991. The van der Waals surface area contributed by atoms with Crippen molar-refractivity contribution in [3.05, 3.63) is 22.7 Å². The average molecular weight is 333 g/mol. The smallest absolute Gasteiger partial charge is 0.184 e. The molecule has 0 spiro atoms. The van der Waals surface area contributed by atoms with Gasteiger partial charge in [0, 0.05) is 33.3 Å². The van der Waals surface area contributed by atoms with Crippen molar-refractivity contribution in [2.45, 2.75) is 13.0 Å². The third kappa shape index (κ3) is 3.50. The van der Waals surface area contributed by atoms with Crippen LogP contribution < -0.4 is 5.32 Å². The minimum Gasteiger partial charge on any atom is -0.358 e. The fourth-order valence-corrected chi connectivity index (χ4v) is 3.88. The monoisotopic (exact) mass is 332 g/mol. The molecule has 0 saturated carbocycles. The van der Waals surface area contributed by atoms with E-state index in [4.69, 9.17) is 0 Å². The summed E-state index contributed by atoms with van der Waals surface area (Å²) in [6.07, 6.45) is 1.72. The van der Waals surface area contributed by atoms with Crippen LogP contribution in [0.4, 0.5) is 5.13 Å². The quantitative estimate of drug-likeness (QED) is 0.934. The molecule has 1 aromatic heterocycles. The van der Waals surface area contributed by atoms with Gasteiger partial charge in [0.1, 0.15) is 0 Å². The predicted molar refractivity (Wildman–Crippen MR) is 79.3 cm³/mol. The van der Waals surface area contributed by atoms with Gasteiger partial charge in [0.25, 0.3) is 0 Å². The van der Waals surface area contributed by atoms with Gasteiger partial charge in [-0.2, -0.15) is 0 Å². The van der Waals surface area contributed by atoms with Crippen LogP contribution in [0.2, 0.25) is 0 Å². The maximum atomic E-state index is 11.1. The number of benzene rings is 1. The molecule has 2 rings (SSSR count). The standard InChI is InChI=1S/C11H13BrN2OS2/c1-7(6-17(2)15)13-11-14-9-4-3-8(12)5-10(9)16-11/h3-5,7H,6H2,1-2H3,(H,13,14). The summed E-state index contributed by atoms with van der Waals surface area (Å²) in [5.74, 6) is 0.639. The van der Waals surface area contributed by atoms with E-state index < -0.39 is 10.8 Å². The normalized spacial score (nSPS) is 14.8. The molecular weight excluding hydrogens is 320 g/mol. The first-order valence-corrected chi connectivity index (χ1v) is 8.51. The molecule has 0 fully saturated rings. The number of nitrogens with zero attached hydrogens (tertiary/aromatic N) is 1. The first-order valence-electron chi connectivity index (χ1n) is 5.17. The Morgan fingerprint density at radius 3 is 3.06 bits per heavy atom. The largest absolute Gasteiger partial charge is 0.358 e. The Kier molecular flexibility index (Phi) is 4.17. The van der Waals surface area contributed by atoms with Crippen molar-refractivity contribution in [3.63, 3.8) is 0 Å². The van der Waals surface area contributed by atoms with Crippen LogP contribution in [0.5, 0.6) is 0 Å². The molecule has 2 aromatic rings. The van der Waals surface area contributed by atoms with Crippen molar-refractivity contribution in [3.8, 4) is 0 Å². The van der Waals surface area contributed by atoms with Gasteiger partial charge in [-0.3, -0.25) is 4.21 Å². The van der Waals surface area contributed by atoms with E-state index in [-0.39, 0.29) is 6.04 Å². The number of fused-ring (bicyclic) bond motifs is 1. The minimum atomic E-state index is -0.784. The van der Waals surface area contributed by atoms with Gasteiger partial charge in [0.05, 0.1) is 10.2 Å². The number of anilines is 1. The summed E-state index contributed by atoms with van der Waals surface area (Å²) in [6, 6.07) is 6.20. The van der Waals surface area contributed by atoms with Crippen LogP contribution in [0.25, 0.3) is 10.2 Å². The molecule has 0 bridgehead atoms. The maximum Gasteiger partial charge on any atom is 0.184 e. The Morgan fingerprint density at radius 1 is 1.59 bits per heavy atom. The number of hydrogen-bond donors (Lipinski definition) is 1. The van der Waals surface area contributed by atoms with E-state index in [1.54, 1.807) is 17.6 Å². The van der Waals surface area contributed by atoms with Crippen LogP contribution >= 0.6 is 27.3 Å². The van der Waals surface area contributed by atoms with Gasteiger partial charge in [-0.25, -0.2) is 4.98 Å². The Labute approximate surface area is 115 Å². The van der Waals surface area contributed by atoms with E-state index in [0.717, 1.165) is 19.8 Å². The highest BCUT2D eigenvalue weighted by molar-refractivity contribution is 9.10. The van der Waals surface area contributed by atoms with E-state index in [1.807, 2.05) is 19.1 Å². The Balaban J connectivity index is 2.16. The molecule has 3 nitrogen and oxygen atoms in total. The zero-order valence-electron chi connectivity index (χ0n) is 9.57. The zero-order chi connectivity index (χ0) is 12.4. The third-order valence-electron chi connectivity index (χ3n) is 2.21. The van der Waals surface area contributed by atoms with Gasteiger partial charge in [-0.1, -0.05) is 27.3 Å². The number of thiazole rings is 1. The molecule has 0 aliphatic carbocycles. The van der Waals surface area contributed by atoms with Crippen molar-refractivity contribution < 1.29 is 4.21 Å². The number of aromatic nitrogens is 1. The van der Waals surface area contributed by atoms with Crippen molar-refractivity contribution in [1.29, 1.82) is 0 Å². The second-order valence-electron chi connectivity index (χ2n) is 3.92. The highest BCUT2D eigenvalue weighted by Crippen LogP contribution is 2.28. The van der Waals surface area contributed by atoms with Crippen molar-refractivity contribution in [2.75, 3.05) is 17.3 Å². The van der Waals surface area contributed by atoms with Crippen LogP contribution in [0.1, 0.15) is 6.92 Å². The van der Waals surface area contributed by atoms with Crippen LogP contribution in [0.3, 0.4) is 0 Å². The second kappa shape index (κ2) is 5.46. The molecule has 0 radical (unpaired) electrons. The SMILES string of the molecule is CC(CS(C)=O)Nc1nc2ccc(Br)cc2s1. The molecule has 2 unspecified atom stereocenters. The minimum absolute atomic E-state index is 0.171. The Bertz CT molecular complexity index is 555. The van der Waals surface area contributed by atoms with Gasteiger partial charge >= 0.3 is 0 Å². The van der Waals surface area contributed by atoms with E-state index >= 15 is 0 Å². The van der Waals surface area contributed by atoms with Gasteiger partial charge < -0.3 is 5.32 Å². The fourth-order valence-electron chi connectivity index (χ4n) is 1.56.